The summed E-state index contributed by atoms with van der Waals surface area (Å²) in [4.78, 5) is 0. The number of aliphatic hydroxyl groups is 1. The van der Waals surface area contributed by atoms with Gasteiger partial charge in [-0.25, -0.2) is 0 Å². The molecule has 1 atom stereocenters. The summed E-state index contributed by atoms with van der Waals surface area (Å²) < 4.78 is 0. The third-order valence-electron chi connectivity index (χ3n) is 2.56. The highest BCUT2D eigenvalue weighted by molar-refractivity contribution is 5.33. The summed E-state index contributed by atoms with van der Waals surface area (Å²) in [6.07, 6.45) is 0.503. The zero-order valence-electron chi connectivity index (χ0n) is 9.54. The highest BCUT2D eigenvalue weighted by atomic mass is 16.3. The van der Waals surface area contributed by atoms with Gasteiger partial charge in [0, 0.05) is 0 Å². The Morgan fingerprint density at radius 3 is 2.36 bits per heavy atom. The third-order valence-corrected chi connectivity index (χ3v) is 2.56. The zero-order valence-corrected chi connectivity index (χ0v) is 9.54. The van der Waals surface area contributed by atoms with E-state index in [9.17, 15) is 5.11 Å². The summed E-state index contributed by atoms with van der Waals surface area (Å²) in [5, 5.41) is 9.36. The van der Waals surface area contributed by atoms with Gasteiger partial charge in [-0.15, -0.1) is 0 Å². The second-order valence-electron chi connectivity index (χ2n) is 4.39. The molecule has 0 bridgehead atoms. The minimum atomic E-state index is -0.254. The first-order chi connectivity index (χ1) is 6.50. The van der Waals surface area contributed by atoms with Gasteiger partial charge >= 0.3 is 0 Å². The SMILES string of the molecule is Cc1ccc(C(C)C)cc1CC(C)O. The van der Waals surface area contributed by atoms with Crippen LogP contribution in [-0.2, 0) is 6.42 Å². The molecule has 0 amide bonds. The maximum Gasteiger partial charge on any atom is 0.0552 e. The molecule has 0 aliphatic carbocycles. The lowest BCUT2D eigenvalue weighted by Crippen LogP contribution is -2.06. The standard InChI is InChI=1S/C13H20O/c1-9(2)12-6-5-10(3)13(8-12)7-11(4)14/h5-6,8-9,11,14H,7H2,1-4H3. The van der Waals surface area contributed by atoms with Crippen molar-refractivity contribution < 1.29 is 5.11 Å². The highest BCUT2D eigenvalue weighted by Crippen LogP contribution is 2.19. The van der Waals surface area contributed by atoms with Crippen LogP contribution in [0.3, 0.4) is 0 Å². The Bertz CT molecular complexity index is 300. The highest BCUT2D eigenvalue weighted by Gasteiger charge is 2.05. The molecule has 1 rings (SSSR count). The summed E-state index contributed by atoms with van der Waals surface area (Å²) in [5.74, 6) is 0.559. The van der Waals surface area contributed by atoms with E-state index in [1.54, 1.807) is 0 Å². The first-order valence-corrected chi connectivity index (χ1v) is 5.28. The van der Waals surface area contributed by atoms with Crippen molar-refractivity contribution in [2.75, 3.05) is 0 Å². The summed E-state index contributed by atoms with van der Waals surface area (Å²) in [6.45, 7) is 8.32. The minimum absolute atomic E-state index is 0.254. The Kier molecular flexibility index (Phi) is 3.70. The number of aryl methyl sites for hydroxylation is 1. The molecule has 1 aromatic carbocycles. The molecule has 0 radical (unpaired) electrons. The monoisotopic (exact) mass is 192 g/mol. The van der Waals surface area contributed by atoms with Gasteiger partial charge in [0.15, 0.2) is 0 Å². The molecular formula is C13H20O. The van der Waals surface area contributed by atoms with Gasteiger partial charge in [0.05, 0.1) is 6.10 Å². The average Bonchev–Trinajstić information content (AvgIpc) is 2.07. The van der Waals surface area contributed by atoms with Gasteiger partial charge in [-0.1, -0.05) is 32.0 Å². The summed E-state index contributed by atoms with van der Waals surface area (Å²) in [6, 6.07) is 6.53. The molecule has 1 heteroatoms. The van der Waals surface area contributed by atoms with E-state index in [1.165, 1.54) is 16.7 Å². The van der Waals surface area contributed by atoms with E-state index in [2.05, 4.69) is 39.0 Å². The van der Waals surface area contributed by atoms with Gasteiger partial charge < -0.3 is 5.11 Å². The number of aliphatic hydroxyl groups excluding tert-OH is 1. The van der Waals surface area contributed by atoms with Crippen LogP contribution in [0.25, 0.3) is 0 Å². The molecule has 0 fully saturated rings. The molecule has 1 nitrogen and oxygen atoms in total. The van der Waals surface area contributed by atoms with E-state index >= 15 is 0 Å². The largest absolute Gasteiger partial charge is 0.393 e. The summed E-state index contributed by atoms with van der Waals surface area (Å²) in [5.41, 5.74) is 3.90. The van der Waals surface area contributed by atoms with Crippen LogP contribution in [0.15, 0.2) is 18.2 Å². The van der Waals surface area contributed by atoms with Crippen molar-refractivity contribution in [3.8, 4) is 0 Å². The van der Waals surface area contributed by atoms with Crippen LogP contribution in [-0.4, -0.2) is 11.2 Å². The molecule has 1 unspecified atom stereocenters. The van der Waals surface area contributed by atoms with Crippen LogP contribution < -0.4 is 0 Å². The molecule has 14 heavy (non-hydrogen) atoms. The molecule has 1 aromatic rings. The molecule has 0 saturated heterocycles. The van der Waals surface area contributed by atoms with Crippen molar-refractivity contribution in [1.29, 1.82) is 0 Å². The smallest absolute Gasteiger partial charge is 0.0552 e. The maximum absolute atomic E-state index is 9.36. The quantitative estimate of drug-likeness (QED) is 0.780. The lowest BCUT2D eigenvalue weighted by atomic mass is 9.95. The van der Waals surface area contributed by atoms with Crippen LogP contribution >= 0.6 is 0 Å². The van der Waals surface area contributed by atoms with Crippen LogP contribution in [0, 0.1) is 6.92 Å². The van der Waals surface area contributed by atoms with Crippen molar-refractivity contribution >= 4 is 0 Å². The number of hydrogen-bond donors (Lipinski definition) is 1. The van der Waals surface area contributed by atoms with Crippen LogP contribution in [0.4, 0.5) is 0 Å². The first kappa shape index (κ1) is 11.3. The average molecular weight is 192 g/mol. The van der Waals surface area contributed by atoms with E-state index in [0.29, 0.717) is 5.92 Å². The van der Waals surface area contributed by atoms with Gasteiger partial charge in [0.25, 0.3) is 0 Å². The molecule has 0 spiro atoms. The predicted molar refractivity (Wildman–Crippen MR) is 60.7 cm³/mol. The van der Waals surface area contributed by atoms with Crippen molar-refractivity contribution in [3.05, 3.63) is 34.9 Å². The Morgan fingerprint density at radius 1 is 1.21 bits per heavy atom. The molecule has 0 aliphatic heterocycles. The van der Waals surface area contributed by atoms with Gasteiger partial charge in [-0.2, -0.15) is 0 Å². The fourth-order valence-corrected chi connectivity index (χ4v) is 1.59. The Hall–Kier alpha value is -0.820. The van der Waals surface area contributed by atoms with Crippen molar-refractivity contribution in [2.45, 2.75) is 46.1 Å². The fourth-order valence-electron chi connectivity index (χ4n) is 1.59. The number of benzene rings is 1. The van der Waals surface area contributed by atoms with Gasteiger partial charge in [0.2, 0.25) is 0 Å². The molecule has 0 aliphatic rings. The van der Waals surface area contributed by atoms with Gasteiger partial charge in [-0.3, -0.25) is 0 Å². The van der Waals surface area contributed by atoms with Gasteiger partial charge in [0.1, 0.15) is 0 Å². The Labute approximate surface area is 86.8 Å². The molecule has 0 aromatic heterocycles. The fraction of sp³-hybridized carbons (Fsp3) is 0.538. The van der Waals surface area contributed by atoms with E-state index in [4.69, 9.17) is 0 Å². The van der Waals surface area contributed by atoms with E-state index < -0.39 is 0 Å². The maximum atomic E-state index is 9.36. The van der Waals surface area contributed by atoms with Crippen LogP contribution in [0.5, 0.6) is 0 Å². The van der Waals surface area contributed by atoms with Crippen LogP contribution in [0.2, 0.25) is 0 Å². The van der Waals surface area contributed by atoms with E-state index in [0.717, 1.165) is 6.42 Å². The van der Waals surface area contributed by atoms with E-state index in [-0.39, 0.29) is 6.10 Å². The van der Waals surface area contributed by atoms with Crippen molar-refractivity contribution in [3.63, 3.8) is 0 Å². The van der Waals surface area contributed by atoms with Crippen molar-refractivity contribution in [1.82, 2.24) is 0 Å². The number of hydrogen-bond acceptors (Lipinski definition) is 1. The molecule has 0 saturated carbocycles. The predicted octanol–water partition coefficient (Wildman–Crippen LogP) is 3.04. The minimum Gasteiger partial charge on any atom is -0.393 e. The first-order valence-electron chi connectivity index (χ1n) is 5.28. The summed E-state index contributed by atoms with van der Waals surface area (Å²) >= 11 is 0. The summed E-state index contributed by atoms with van der Waals surface area (Å²) in [7, 11) is 0. The van der Waals surface area contributed by atoms with Crippen LogP contribution in [0.1, 0.15) is 43.4 Å². The Balaban J connectivity index is 2.96. The second-order valence-corrected chi connectivity index (χ2v) is 4.39. The normalized spacial score (nSPS) is 13.3. The molecule has 1 N–H and O–H groups in total. The lowest BCUT2D eigenvalue weighted by molar-refractivity contribution is 0.195. The molecule has 0 heterocycles. The number of rotatable bonds is 3. The van der Waals surface area contributed by atoms with Gasteiger partial charge in [-0.05, 0) is 42.9 Å². The zero-order chi connectivity index (χ0) is 10.7. The Morgan fingerprint density at radius 2 is 1.86 bits per heavy atom. The molecular weight excluding hydrogens is 172 g/mol. The van der Waals surface area contributed by atoms with Crippen molar-refractivity contribution in [2.24, 2.45) is 0 Å². The molecule has 78 valence electrons. The second kappa shape index (κ2) is 4.61. The topological polar surface area (TPSA) is 20.2 Å². The lowest BCUT2D eigenvalue weighted by Gasteiger charge is -2.12. The van der Waals surface area contributed by atoms with E-state index in [1.807, 2.05) is 6.92 Å². The third kappa shape index (κ3) is 2.85.